The third-order valence-corrected chi connectivity index (χ3v) is 6.60. The maximum atomic E-state index is 4.71. The van der Waals surface area contributed by atoms with E-state index in [0.717, 1.165) is 37.1 Å². The molecule has 2 fully saturated rings. The first-order chi connectivity index (χ1) is 14.7. The lowest BCUT2D eigenvalue weighted by atomic mass is 9.93. The predicted octanol–water partition coefficient (Wildman–Crippen LogP) is 4.30. The molecule has 0 N–H and O–H groups in total. The summed E-state index contributed by atoms with van der Waals surface area (Å²) < 4.78 is 0. The highest BCUT2D eigenvalue weighted by atomic mass is 15.2. The number of rotatable bonds is 7. The Kier molecular flexibility index (Phi) is 7.34. The lowest BCUT2D eigenvalue weighted by Gasteiger charge is -2.34. The zero-order valence-corrected chi connectivity index (χ0v) is 18.8. The van der Waals surface area contributed by atoms with E-state index in [0.29, 0.717) is 0 Å². The van der Waals surface area contributed by atoms with Gasteiger partial charge in [-0.2, -0.15) is 0 Å². The lowest BCUT2D eigenvalue weighted by Crippen LogP contribution is -2.37. The summed E-state index contributed by atoms with van der Waals surface area (Å²) in [6, 6.07) is 8.68. The highest BCUT2D eigenvalue weighted by Gasteiger charge is 2.22. The Morgan fingerprint density at radius 1 is 0.933 bits per heavy atom. The summed E-state index contributed by atoms with van der Waals surface area (Å²) in [4.78, 5) is 16.6. The molecule has 3 heterocycles. The quantitative estimate of drug-likeness (QED) is 0.684. The van der Waals surface area contributed by atoms with Crippen molar-refractivity contribution in [2.75, 3.05) is 51.7 Å². The summed E-state index contributed by atoms with van der Waals surface area (Å²) >= 11 is 0. The third kappa shape index (κ3) is 5.79. The van der Waals surface area contributed by atoms with Crippen LogP contribution in [0.4, 0.5) is 5.95 Å². The molecule has 4 rings (SSSR count). The highest BCUT2D eigenvalue weighted by Crippen LogP contribution is 2.25. The monoisotopic (exact) mass is 407 g/mol. The number of nitrogens with zero attached hydrogens (tertiary/aromatic N) is 5. The Balaban J connectivity index is 1.28. The predicted molar refractivity (Wildman–Crippen MR) is 125 cm³/mol. The Morgan fingerprint density at radius 2 is 1.67 bits per heavy atom. The van der Waals surface area contributed by atoms with Crippen molar-refractivity contribution in [2.45, 2.75) is 45.1 Å². The van der Waals surface area contributed by atoms with E-state index in [9.17, 15) is 0 Å². The summed E-state index contributed by atoms with van der Waals surface area (Å²) in [6.45, 7) is 7.04. The zero-order valence-electron chi connectivity index (χ0n) is 18.8. The van der Waals surface area contributed by atoms with Crippen LogP contribution in [0.5, 0.6) is 0 Å². The molecule has 0 unspecified atom stereocenters. The van der Waals surface area contributed by atoms with E-state index in [1.165, 1.54) is 69.3 Å². The Bertz CT molecular complexity index is 774. The number of hydrogen-bond acceptors (Lipinski definition) is 5. The van der Waals surface area contributed by atoms with Crippen LogP contribution in [0.15, 0.2) is 36.7 Å². The van der Waals surface area contributed by atoms with Gasteiger partial charge in [-0.3, -0.25) is 0 Å². The van der Waals surface area contributed by atoms with E-state index < -0.39 is 0 Å². The molecule has 1 aromatic carbocycles. The van der Waals surface area contributed by atoms with Gasteiger partial charge < -0.3 is 14.7 Å². The van der Waals surface area contributed by atoms with E-state index >= 15 is 0 Å². The first-order valence-electron chi connectivity index (χ1n) is 11.7. The molecule has 2 aliphatic rings. The van der Waals surface area contributed by atoms with Crippen molar-refractivity contribution in [1.29, 1.82) is 0 Å². The number of piperidine rings is 2. The van der Waals surface area contributed by atoms with Gasteiger partial charge in [0.2, 0.25) is 5.95 Å². The molecule has 30 heavy (non-hydrogen) atoms. The van der Waals surface area contributed by atoms with Crippen molar-refractivity contribution in [3.63, 3.8) is 0 Å². The van der Waals surface area contributed by atoms with Gasteiger partial charge in [-0.05, 0) is 88.9 Å². The molecule has 0 atom stereocenters. The van der Waals surface area contributed by atoms with Crippen LogP contribution in [0.25, 0.3) is 11.1 Å². The summed E-state index contributed by atoms with van der Waals surface area (Å²) in [5.41, 5.74) is 3.60. The molecule has 0 amide bonds. The van der Waals surface area contributed by atoms with Crippen LogP contribution in [-0.2, 0) is 6.54 Å². The normalized spacial score (nSPS) is 18.8. The van der Waals surface area contributed by atoms with E-state index in [2.05, 4.69) is 53.1 Å². The average Bonchev–Trinajstić information content (AvgIpc) is 2.79. The van der Waals surface area contributed by atoms with Gasteiger partial charge in [0.15, 0.2) is 0 Å². The smallest absolute Gasteiger partial charge is 0.225 e. The standard InChI is InChI=1S/C25H37N5/c1-28(2)20-22-7-6-8-23(17-22)24-18-26-25(27-19-24)30-15-10-21(11-16-30)9-14-29-12-4-3-5-13-29/h6-8,17-19,21H,3-5,9-16,20H2,1-2H3. The second-order valence-electron chi connectivity index (χ2n) is 9.33. The Labute approximate surface area is 182 Å². The van der Waals surface area contributed by atoms with Crippen LogP contribution in [-0.4, -0.2) is 66.6 Å². The number of anilines is 1. The maximum absolute atomic E-state index is 4.71. The molecular formula is C25H37N5. The molecule has 0 saturated carbocycles. The number of benzene rings is 1. The van der Waals surface area contributed by atoms with Crippen LogP contribution in [0.2, 0.25) is 0 Å². The summed E-state index contributed by atoms with van der Waals surface area (Å²) in [5, 5.41) is 0. The molecule has 0 bridgehead atoms. The summed E-state index contributed by atoms with van der Waals surface area (Å²) in [6.07, 6.45) is 12.1. The van der Waals surface area contributed by atoms with Crippen LogP contribution < -0.4 is 4.90 Å². The van der Waals surface area contributed by atoms with E-state index in [1.54, 1.807) is 0 Å². The SMILES string of the molecule is CN(C)Cc1cccc(-c2cnc(N3CCC(CCN4CCCCC4)CC3)nc2)c1. The second kappa shape index (κ2) is 10.4. The first kappa shape index (κ1) is 21.3. The Hall–Kier alpha value is -1.98. The maximum Gasteiger partial charge on any atom is 0.225 e. The van der Waals surface area contributed by atoms with Crippen LogP contribution in [0.1, 0.15) is 44.1 Å². The summed E-state index contributed by atoms with van der Waals surface area (Å²) in [7, 11) is 4.20. The van der Waals surface area contributed by atoms with Crippen LogP contribution in [0.3, 0.4) is 0 Å². The largest absolute Gasteiger partial charge is 0.341 e. The van der Waals surface area contributed by atoms with Gasteiger partial charge in [-0.1, -0.05) is 24.6 Å². The minimum atomic E-state index is 0.863. The molecule has 2 aromatic rings. The average molecular weight is 408 g/mol. The van der Waals surface area contributed by atoms with E-state index in [1.807, 2.05) is 12.4 Å². The Morgan fingerprint density at radius 3 is 2.37 bits per heavy atom. The third-order valence-electron chi connectivity index (χ3n) is 6.60. The van der Waals surface area contributed by atoms with Gasteiger partial charge in [-0.25, -0.2) is 9.97 Å². The molecule has 2 aliphatic heterocycles. The molecule has 1 aromatic heterocycles. The van der Waals surface area contributed by atoms with Gasteiger partial charge in [0.05, 0.1) is 0 Å². The molecule has 2 saturated heterocycles. The van der Waals surface area contributed by atoms with Crippen LogP contribution in [0, 0.1) is 5.92 Å². The van der Waals surface area contributed by atoms with Gasteiger partial charge in [0.1, 0.15) is 0 Å². The lowest BCUT2D eigenvalue weighted by molar-refractivity contribution is 0.205. The number of hydrogen-bond donors (Lipinski definition) is 0. The fourth-order valence-corrected chi connectivity index (χ4v) is 4.82. The molecule has 5 nitrogen and oxygen atoms in total. The molecule has 162 valence electrons. The van der Waals surface area contributed by atoms with Crippen molar-refractivity contribution in [3.05, 3.63) is 42.2 Å². The minimum Gasteiger partial charge on any atom is -0.341 e. The van der Waals surface area contributed by atoms with Gasteiger partial charge >= 0.3 is 0 Å². The fraction of sp³-hybridized carbons (Fsp3) is 0.600. The number of likely N-dealkylation sites (tertiary alicyclic amines) is 1. The molecular weight excluding hydrogens is 370 g/mol. The van der Waals surface area contributed by atoms with E-state index in [4.69, 9.17) is 9.97 Å². The molecule has 5 heteroatoms. The molecule has 0 aliphatic carbocycles. The van der Waals surface area contributed by atoms with Gasteiger partial charge in [-0.15, -0.1) is 0 Å². The van der Waals surface area contributed by atoms with Crippen LogP contribution >= 0.6 is 0 Å². The van der Waals surface area contributed by atoms with Gasteiger partial charge in [0, 0.05) is 37.6 Å². The van der Waals surface area contributed by atoms with E-state index in [-0.39, 0.29) is 0 Å². The molecule has 0 radical (unpaired) electrons. The van der Waals surface area contributed by atoms with Crippen molar-refractivity contribution in [3.8, 4) is 11.1 Å². The number of aromatic nitrogens is 2. The van der Waals surface area contributed by atoms with Gasteiger partial charge in [0.25, 0.3) is 0 Å². The van der Waals surface area contributed by atoms with Crippen molar-refractivity contribution in [1.82, 2.24) is 19.8 Å². The zero-order chi connectivity index (χ0) is 20.8. The summed E-state index contributed by atoms with van der Waals surface area (Å²) in [5.74, 6) is 1.75. The van der Waals surface area contributed by atoms with Crippen molar-refractivity contribution < 1.29 is 0 Å². The second-order valence-corrected chi connectivity index (χ2v) is 9.33. The first-order valence-corrected chi connectivity index (χ1v) is 11.7. The van der Waals surface area contributed by atoms with Crippen molar-refractivity contribution >= 4 is 5.95 Å². The minimum absolute atomic E-state index is 0.863. The molecule has 0 spiro atoms. The topological polar surface area (TPSA) is 35.5 Å². The van der Waals surface area contributed by atoms with Crippen molar-refractivity contribution in [2.24, 2.45) is 5.92 Å². The highest BCUT2D eigenvalue weighted by molar-refractivity contribution is 5.63. The fourth-order valence-electron chi connectivity index (χ4n) is 4.82.